The maximum Gasteiger partial charge on any atom is 0.0336 e. The van der Waals surface area contributed by atoms with E-state index in [1.54, 1.807) is 0 Å². The summed E-state index contributed by atoms with van der Waals surface area (Å²) in [7, 11) is 4.38. The first-order valence-corrected chi connectivity index (χ1v) is 8.47. The van der Waals surface area contributed by atoms with Crippen LogP contribution in [-0.2, 0) is 0 Å². The van der Waals surface area contributed by atoms with Gasteiger partial charge in [0.25, 0.3) is 0 Å². The van der Waals surface area contributed by atoms with Crippen LogP contribution in [0.5, 0.6) is 0 Å². The highest BCUT2D eigenvalue weighted by atomic mass is 15.2. The third kappa shape index (κ3) is 3.75. The third-order valence-electron chi connectivity index (χ3n) is 5.59. The molecule has 1 heterocycles. The van der Waals surface area contributed by atoms with E-state index in [1.165, 1.54) is 58.2 Å². The summed E-state index contributed by atoms with van der Waals surface area (Å²) in [6.45, 7) is 9.45. The van der Waals surface area contributed by atoms with E-state index in [2.05, 4.69) is 37.7 Å². The Morgan fingerprint density at radius 1 is 1.15 bits per heavy atom. The molecule has 0 radical (unpaired) electrons. The molecule has 1 aliphatic carbocycles. The van der Waals surface area contributed by atoms with Crippen LogP contribution in [0.2, 0.25) is 0 Å². The van der Waals surface area contributed by atoms with Crippen LogP contribution in [0.1, 0.15) is 52.4 Å². The number of nitrogens with zero attached hydrogens (tertiary/aromatic N) is 2. The summed E-state index contributed by atoms with van der Waals surface area (Å²) in [5, 5.41) is 0. The molecule has 1 aliphatic heterocycles. The molecule has 0 aromatic carbocycles. The lowest BCUT2D eigenvalue weighted by Crippen LogP contribution is -2.59. The summed E-state index contributed by atoms with van der Waals surface area (Å²) >= 11 is 0. The van der Waals surface area contributed by atoms with E-state index >= 15 is 0 Å². The smallest absolute Gasteiger partial charge is 0.0336 e. The number of hydrogen-bond acceptors (Lipinski definition) is 3. The highest BCUT2D eigenvalue weighted by molar-refractivity contribution is 5.00. The first kappa shape index (κ1) is 16.3. The zero-order chi connectivity index (χ0) is 14.8. The zero-order valence-electron chi connectivity index (χ0n) is 14.1. The number of hydrogen-bond donors (Lipinski definition) is 1. The maximum atomic E-state index is 6.26. The predicted octanol–water partition coefficient (Wildman–Crippen LogP) is 2.56. The van der Waals surface area contributed by atoms with Gasteiger partial charge in [-0.2, -0.15) is 0 Å². The van der Waals surface area contributed by atoms with Crippen molar-refractivity contribution in [2.75, 3.05) is 40.3 Å². The van der Waals surface area contributed by atoms with Gasteiger partial charge >= 0.3 is 0 Å². The lowest BCUT2D eigenvalue weighted by atomic mass is 9.67. The standard InChI is InChI=1S/C17H35N3/c1-16(2)8-5-9-17(13-16,14-18)20-10-6-15(7-11-20)12-19(3)4/h15H,5-14,18H2,1-4H3. The Bertz CT molecular complexity index is 305. The number of piperidine rings is 1. The fraction of sp³-hybridized carbons (Fsp3) is 1.00. The van der Waals surface area contributed by atoms with E-state index < -0.39 is 0 Å². The Labute approximate surface area is 125 Å². The van der Waals surface area contributed by atoms with E-state index in [-0.39, 0.29) is 0 Å². The van der Waals surface area contributed by atoms with Crippen LogP contribution in [0.3, 0.4) is 0 Å². The molecule has 118 valence electrons. The molecule has 1 unspecified atom stereocenters. The molecule has 1 atom stereocenters. The van der Waals surface area contributed by atoms with E-state index in [4.69, 9.17) is 5.73 Å². The molecule has 0 aromatic heterocycles. The minimum Gasteiger partial charge on any atom is -0.329 e. The van der Waals surface area contributed by atoms with Crippen molar-refractivity contribution in [3.8, 4) is 0 Å². The van der Waals surface area contributed by atoms with Crippen molar-refractivity contribution in [2.45, 2.75) is 57.9 Å². The largest absolute Gasteiger partial charge is 0.329 e. The van der Waals surface area contributed by atoms with Crippen LogP contribution < -0.4 is 5.73 Å². The van der Waals surface area contributed by atoms with Crippen molar-refractivity contribution < 1.29 is 0 Å². The molecule has 20 heavy (non-hydrogen) atoms. The van der Waals surface area contributed by atoms with Crippen molar-refractivity contribution in [1.82, 2.24) is 9.80 Å². The lowest BCUT2D eigenvalue weighted by Gasteiger charge is -2.53. The van der Waals surface area contributed by atoms with Gasteiger partial charge in [0.05, 0.1) is 0 Å². The van der Waals surface area contributed by atoms with Crippen molar-refractivity contribution in [3.05, 3.63) is 0 Å². The molecular weight excluding hydrogens is 246 g/mol. The van der Waals surface area contributed by atoms with Gasteiger partial charge in [0.2, 0.25) is 0 Å². The Morgan fingerprint density at radius 3 is 2.30 bits per heavy atom. The van der Waals surface area contributed by atoms with E-state index in [1.807, 2.05) is 0 Å². The lowest BCUT2D eigenvalue weighted by molar-refractivity contribution is -0.0124. The molecule has 1 saturated carbocycles. The van der Waals surface area contributed by atoms with Crippen LogP contribution in [0.25, 0.3) is 0 Å². The molecule has 1 saturated heterocycles. The Balaban J connectivity index is 1.96. The monoisotopic (exact) mass is 281 g/mol. The number of rotatable bonds is 4. The summed E-state index contributed by atoms with van der Waals surface area (Å²) in [5.41, 5.74) is 7.02. The zero-order valence-corrected chi connectivity index (χ0v) is 14.1. The van der Waals surface area contributed by atoms with Crippen molar-refractivity contribution in [2.24, 2.45) is 17.1 Å². The highest BCUT2D eigenvalue weighted by Gasteiger charge is 2.43. The first-order valence-electron chi connectivity index (χ1n) is 8.47. The molecule has 0 bridgehead atoms. The van der Waals surface area contributed by atoms with Crippen LogP contribution >= 0.6 is 0 Å². The van der Waals surface area contributed by atoms with Gasteiger partial charge in [-0.15, -0.1) is 0 Å². The molecule has 3 heteroatoms. The van der Waals surface area contributed by atoms with E-state index in [0.29, 0.717) is 11.0 Å². The van der Waals surface area contributed by atoms with Crippen LogP contribution in [0, 0.1) is 11.3 Å². The molecule has 0 spiro atoms. The van der Waals surface area contributed by atoms with Gasteiger partial charge in [-0.1, -0.05) is 20.3 Å². The minimum absolute atomic E-state index is 0.296. The van der Waals surface area contributed by atoms with Gasteiger partial charge in [-0.25, -0.2) is 0 Å². The van der Waals surface area contributed by atoms with Crippen LogP contribution in [0.15, 0.2) is 0 Å². The van der Waals surface area contributed by atoms with Gasteiger partial charge in [0, 0.05) is 18.6 Å². The average molecular weight is 281 g/mol. The Kier molecular flexibility index (Phi) is 5.14. The topological polar surface area (TPSA) is 32.5 Å². The van der Waals surface area contributed by atoms with Crippen molar-refractivity contribution in [3.63, 3.8) is 0 Å². The quantitative estimate of drug-likeness (QED) is 0.859. The summed E-state index contributed by atoms with van der Waals surface area (Å²) in [6, 6.07) is 0. The van der Waals surface area contributed by atoms with Crippen LogP contribution in [0.4, 0.5) is 0 Å². The van der Waals surface area contributed by atoms with Gasteiger partial charge in [0.15, 0.2) is 0 Å². The van der Waals surface area contributed by atoms with E-state index in [9.17, 15) is 0 Å². The molecule has 2 rings (SSSR count). The normalized spacial score (nSPS) is 32.7. The first-order chi connectivity index (χ1) is 9.37. The van der Waals surface area contributed by atoms with Gasteiger partial charge < -0.3 is 10.6 Å². The highest BCUT2D eigenvalue weighted by Crippen LogP contribution is 2.44. The third-order valence-corrected chi connectivity index (χ3v) is 5.59. The molecule has 0 amide bonds. The van der Waals surface area contributed by atoms with Crippen molar-refractivity contribution in [1.29, 1.82) is 0 Å². The Morgan fingerprint density at radius 2 is 1.80 bits per heavy atom. The average Bonchev–Trinajstić information content (AvgIpc) is 2.37. The second-order valence-corrected chi connectivity index (χ2v) is 8.32. The van der Waals surface area contributed by atoms with Crippen LogP contribution in [-0.4, -0.2) is 55.6 Å². The summed E-state index contributed by atoms with van der Waals surface area (Å²) in [5.74, 6) is 0.882. The maximum absolute atomic E-state index is 6.26. The second kappa shape index (κ2) is 6.33. The summed E-state index contributed by atoms with van der Waals surface area (Å²) in [6.07, 6.45) is 8.01. The van der Waals surface area contributed by atoms with Gasteiger partial charge in [0.1, 0.15) is 0 Å². The molecular formula is C17H35N3. The predicted molar refractivity (Wildman–Crippen MR) is 86.9 cm³/mol. The van der Waals surface area contributed by atoms with Gasteiger partial charge in [-0.05, 0) is 70.6 Å². The molecule has 0 aromatic rings. The summed E-state index contributed by atoms with van der Waals surface area (Å²) in [4.78, 5) is 5.09. The molecule has 2 fully saturated rings. The minimum atomic E-state index is 0.296. The number of likely N-dealkylation sites (tertiary alicyclic amines) is 1. The Hall–Kier alpha value is -0.120. The second-order valence-electron chi connectivity index (χ2n) is 8.32. The summed E-state index contributed by atoms with van der Waals surface area (Å²) < 4.78 is 0. The van der Waals surface area contributed by atoms with Crippen molar-refractivity contribution >= 4 is 0 Å². The fourth-order valence-electron chi connectivity index (χ4n) is 4.64. The van der Waals surface area contributed by atoms with Gasteiger partial charge in [-0.3, -0.25) is 4.90 Å². The van der Waals surface area contributed by atoms with E-state index in [0.717, 1.165) is 12.5 Å². The molecule has 2 aliphatic rings. The SMILES string of the molecule is CN(C)CC1CCN(C2(CN)CCCC(C)(C)C2)CC1. The number of nitrogens with two attached hydrogens (primary N) is 1. The molecule has 2 N–H and O–H groups in total. The molecule has 3 nitrogen and oxygen atoms in total. The fourth-order valence-corrected chi connectivity index (χ4v) is 4.64.